The van der Waals surface area contributed by atoms with E-state index < -0.39 is 0 Å². The van der Waals surface area contributed by atoms with Crippen LogP contribution in [0.5, 0.6) is 0 Å². The molecule has 4 heteroatoms. The predicted molar refractivity (Wildman–Crippen MR) is 205 cm³/mol. The Bertz CT molecular complexity index is 2800. The van der Waals surface area contributed by atoms with Crippen LogP contribution in [0.3, 0.4) is 0 Å². The van der Waals surface area contributed by atoms with Crippen molar-refractivity contribution in [2.75, 3.05) is 0 Å². The number of hydrogen-bond acceptors (Lipinski definition) is 3. The summed E-state index contributed by atoms with van der Waals surface area (Å²) in [5.41, 5.74) is 12.1. The van der Waals surface area contributed by atoms with E-state index in [0.29, 0.717) is 5.82 Å². The van der Waals surface area contributed by atoms with Crippen LogP contribution in [-0.2, 0) is 0 Å². The number of rotatable bonds is 5. The van der Waals surface area contributed by atoms with Gasteiger partial charge in [0, 0.05) is 43.9 Å². The molecule has 3 heterocycles. The normalized spacial score (nSPS) is 11.6. The van der Waals surface area contributed by atoms with Crippen molar-refractivity contribution in [2.24, 2.45) is 0 Å². The van der Waals surface area contributed by atoms with Crippen LogP contribution < -0.4 is 0 Å². The largest absolute Gasteiger partial charge is 0.456 e. The molecule has 7 aromatic carbocycles. The molecular weight excluding hydrogens is 611 g/mol. The molecule has 0 unspecified atom stereocenters. The van der Waals surface area contributed by atoms with Crippen LogP contribution in [0.15, 0.2) is 180 Å². The van der Waals surface area contributed by atoms with E-state index in [1.165, 1.54) is 32.9 Å². The number of hydrogen-bond donors (Lipinski definition) is 0. The summed E-state index contributed by atoms with van der Waals surface area (Å²) >= 11 is 0. The SMILES string of the molecule is c1ccc(-c2ccc(-c3cc(-c4ccccc4)nc(-c4cccc5oc6ccc(-n7c8ccccc8c8ccccc87)cc6c45)n3)cc2)cc1. The summed E-state index contributed by atoms with van der Waals surface area (Å²) in [7, 11) is 0. The van der Waals surface area contributed by atoms with Gasteiger partial charge in [0.25, 0.3) is 0 Å². The first-order valence-electron chi connectivity index (χ1n) is 16.8. The van der Waals surface area contributed by atoms with E-state index in [0.717, 1.165) is 55.7 Å². The lowest BCUT2D eigenvalue weighted by Crippen LogP contribution is -1.96. The first-order chi connectivity index (χ1) is 24.8. The maximum absolute atomic E-state index is 6.48. The summed E-state index contributed by atoms with van der Waals surface area (Å²) < 4.78 is 8.82. The van der Waals surface area contributed by atoms with Gasteiger partial charge in [-0.2, -0.15) is 0 Å². The second-order valence-corrected chi connectivity index (χ2v) is 12.6. The first-order valence-corrected chi connectivity index (χ1v) is 16.8. The van der Waals surface area contributed by atoms with Crippen molar-refractivity contribution in [1.82, 2.24) is 14.5 Å². The molecule has 0 fully saturated rings. The van der Waals surface area contributed by atoms with Crippen molar-refractivity contribution in [3.63, 3.8) is 0 Å². The molecule has 0 aliphatic rings. The van der Waals surface area contributed by atoms with Gasteiger partial charge in [-0.15, -0.1) is 0 Å². The van der Waals surface area contributed by atoms with E-state index in [-0.39, 0.29) is 0 Å². The highest BCUT2D eigenvalue weighted by molar-refractivity contribution is 6.13. The van der Waals surface area contributed by atoms with Gasteiger partial charge in [0.05, 0.1) is 22.4 Å². The van der Waals surface area contributed by atoms with Crippen LogP contribution in [0.1, 0.15) is 0 Å². The maximum Gasteiger partial charge on any atom is 0.161 e. The van der Waals surface area contributed by atoms with Crippen molar-refractivity contribution in [1.29, 1.82) is 0 Å². The van der Waals surface area contributed by atoms with E-state index in [1.54, 1.807) is 0 Å². The topological polar surface area (TPSA) is 43.9 Å². The van der Waals surface area contributed by atoms with Gasteiger partial charge in [-0.1, -0.05) is 133 Å². The average molecular weight is 640 g/mol. The van der Waals surface area contributed by atoms with Gasteiger partial charge < -0.3 is 8.98 Å². The van der Waals surface area contributed by atoms with Gasteiger partial charge in [0.2, 0.25) is 0 Å². The third-order valence-corrected chi connectivity index (χ3v) is 9.64. The van der Waals surface area contributed by atoms with Gasteiger partial charge in [-0.25, -0.2) is 9.97 Å². The lowest BCUT2D eigenvalue weighted by atomic mass is 10.0. The lowest BCUT2D eigenvalue weighted by Gasteiger charge is -2.11. The van der Waals surface area contributed by atoms with Gasteiger partial charge in [-0.3, -0.25) is 0 Å². The molecule has 0 radical (unpaired) electrons. The smallest absolute Gasteiger partial charge is 0.161 e. The second kappa shape index (κ2) is 11.4. The standard InChI is InChI=1S/C46H29N3O/c1-3-12-30(13-4-1)31-22-24-33(25-23-31)40-29-39(32-14-5-2-6-15-32)47-46(48-40)37-18-11-21-44-45(37)38-28-34(26-27-43(38)50-44)49-41-19-9-7-16-35(41)36-17-8-10-20-42(36)49/h1-29H. The van der Waals surface area contributed by atoms with Crippen molar-refractivity contribution in [2.45, 2.75) is 0 Å². The lowest BCUT2D eigenvalue weighted by molar-refractivity contribution is 0.669. The number of aromatic nitrogens is 3. The van der Waals surface area contributed by atoms with Crippen molar-refractivity contribution >= 4 is 43.7 Å². The molecule has 50 heavy (non-hydrogen) atoms. The Morgan fingerprint density at radius 2 is 0.960 bits per heavy atom. The van der Waals surface area contributed by atoms with E-state index in [1.807, 2.05) is 36.4 Å². The van der Waals surface area contributed by atoms with Gasteiger partial charge >= 0.3 is 0 Å². The Kier molecular flexibility index (Phi) is 6.46. The van der Waals surface area contributed by atoms with E-state index in [2.05, 4.69) is 144 Å². The highest BCUT2D eigenvalue weighted by atomic mass is 16.3. The van der Waals surface area contributed by atoms with Crippen LogP contribution in [0, 0.1) is 0 Å². The Morgan fingerprint density at radius 3 is 1.64 bits per heavy atom. The molecule has 10 aromatic rings. The van der Waals surface area contributed by atoms with Crippen LogP contribution >= 0.6 is 0 Å². The minimum Gasteiger partial charge on any atom is -0.456 e. The Hall–Kier alpha value is -6.78. The third kappa shape index (κ3) is 4.61. The molecule has 0 spiro atoms. The summed E-state index contributed by atoms with van der Waals surface area (Å²) in [6.07, 6.45) is 0. The highest BCUT2D eigenvalue weighted by Gasteiger charge is 2.19. The zero-order chi connectivity index (χ0) is 33.0. The molecule has 0 saturated carbocycles. The Balaban J connectivity index is 1.18. The number of fused-ring (bicyclic) bond motifs is 6. The van der Waals surface area contributed by atoms with E-state index in [4.69, 9.17) is 14.4 Å². The Labute approximate surface area is 288 Å². The minimum atomic E-state index is 0.657. The van der Waals surface area contributed by atoms with Crippen LogP contribution in [0.25, 0.3) is 94.5 Å². The number of nitrogens with zero attached hydrogens (tertiary/aromatic N) is 3. The molecule has 0 atom stereocenters. The fraction of sp³-hybridized carbons (Fsp3) is 0. The molecule has 234 valence electrons. The zero-order valence-electron chi connectivity index (χ0n) is 27.0. The van der Waals surface area contributed by atoms with Gasteiger partial charge in [0.1, 0.15) is 11.2 Å². The summed E-state index contributed by atoms with van der Waals surface area (Å²) in [5.74, 6) is 0.657. The van der Waals surface area contributed by atoms with Gasteiger partial charge in [-0.05, 0) is 53.6 Å². The number of para-hydroxylation sites is 2. The van der Waals surface area contributed by atoms with Crippen LogP contribution in [-0.4, -0.2) is 14.5 Å². The Morgan fingerprint density at radius 1 is 0.400 bits per heavy atom. The first kappa shape index (κ1) is 28.3. The second-order valence-electron chi connectivity index (χ2n) is 12.6. The molecule has 4 nitrogen and oxygen atoms in total. The average Bonchev–Trinajstić information content (AvgIpc) is 3.74. The molecule has 0 saturated heterocycles. The molecule has 0 aliphatic carbocycles. The summed E-state index contributed by atoms with van der Waals surface area (Å²) in [4.78, 5) is 10.4. The minimum absolute atomic E-state index is 0.657. The quantitative estimate of drug-likeness (QED) is 0.188. The molecule has 0 amide bonds. The van der Waals surface area contributed by atoms with Crippen molar-refractivity contribution in [3.8, 4) is 50.7 Å². The van der Waals surface area contributed by atoms with E-state index >= 15 is 0 Å². The fourth-order valence-corrected chi connectivity index (χ4v) is 7.28. The third-order valence-electron chi connectivity index (χ3n) is 9.64. The maximum atomic E-state index is 6.48. The molecular formula is C46H29N3O. The molecule has 0 aliphatic heterocycles. The highest BCUT2D eigenvalue weighted by Crippen LogP contribution is 2.39. The van der Waals surface area contributed by atoms with E-state index in [9.17, 15) is 0 Å². The summed E-state index contributed by atoms with van der Waals surface area (Å²) in [5, 5.41) is 4.49. The molecule has 0 bridgehead atoms. The summed E-state index contributed by atoms with van der Waals surface area (Å²) in [6, 6.07) is 61.3. The number of benzene rings is 7. The van der Waals surface area contributed by atoms with Crippen LogP contribution in [0.4, 0.5) is 0 Å². The molecule has 0 N–H and O–H groups in total. The molecule has 10 rings (SSSR count). The summed E-state index contributed by atoms with van der Waals surface area (Å²) in [6.45, 7) is 0. The fourth-order valence-electron chi connectivity index (χ4n) is 7.28. The van der Waals surface area contributed by atoms with Crippen LogP contribution in [0.2, 0.25) is 0 Å². The monoisotopic (exact) mass is 639 g/mol. The predicted octanol–water partition coefficient (Wildman–Crippen LogP) is 12.1. The number of furan rings is 1. The molecule has 3 aromatic heterocycles. The van der Waals surface area contributed by atoms with Crippen molar-refractivity contribution in [3.05, 3.63) is 176 Å². The van der Waals surface area contributed by atoms with Gasteiger partial charge in [0.15, 0.2) is 5.82 Å². The zero-order valence-corrected chi connectivity index (χ0v) is 27.0. The van der Waals surface area contributed by atoms with Crippen molar-refractivity contribution < 1.29 is 4.42 Å².